The molecule has 0 aliphatic carbocycles. The van der Waals surface area contributed by atoms with Gasteiger partial charge in [0.05, 0.1) is 6.54 Å². The van der Waals surface area contributed by atoms with Gasteiger partial charge in [0, 0.05) is 20.8 Å². The zero-order valence-corrected chi connectivity index (χ0v) is 11.1. The van der Waals surface area contributed by atoms with Crippen LogP contribution in [0.2, 0.25) is 0 Å². The molecule has 88 valence electrons. The summed E-state index contributed by atoms with van der Waals surface area (Å²) in [4.78, 5) is 26.2. The maximum Gasteiger partial charge on any atom is 0.268 e. The Bertz CT molecular complexity index is 591. The molecule has 0 fully saturated rings. The standard InChI is InChI=1S/C11H9BrN2O2S/c12-7-4-8(17-6-7)5-13-11(16)9-2-1-3-10(15)14-9/h1-4,6H,5H2,(H,13,16)(H,14,15). The van der Waals surface area contributed by atoms with E-state index < -0.39 is 0 Å². The first-order valence-electron chi connectivity index (χ1n) is 4.85. The van der Waals surface area contributed by atoms with Crippen LogP contribution in [0.25, 0.3) is 0 Å². The summed E-state index contributed by atoms with van der Waals surface area (Å²) in [5, 5.41) is 4.69. The van der Waals surface area contributed by atoms with Crippen LogP contribution in [-0.2, 0) is 6.54 Å². The van der Waals surface area contributed by atoms with Crippen LogP contribution in [0.3, 0.4) is 0 Å². The average molecular weight is 313 g/mol. The lowest BCUT2D eigenvalue weighted by atomic mass is 10.3. The smallest absolute Gasteiger partial charge is 0.268 e. The fourth-order valence-corrected chi connectivity index (χ4v) is 2.68. The summed E-state index contributed by atoms with van der Waals surface area (Å²) in [5.74, 6) is -0.285. The van der Waals surface area contributed by atoms with Gasteiger partial charge in [-0.2, -0.15) is 0 Å². The third-order valence-electron chi connectivity index (χ3n) is 2.06. The van der Waals surface area contributed by atoms with Crippen LogP contribution in [0.1, 0.15) is 15.4 Å². The van der Waals surface area contributed by atoms with Crippen molar-refractivity contribution in [3.05, 3.63) is 55.0 Å². The number of halogens is 1. The van der Waals surface area contributed by atoms with E-state index in [-0.39, 0.29) is 17.2 Å². The van der Waals surface area contributed by atoms with Crippen LogP contribution >= 0.6 is 27.3 Å². The van der Waals surface area contributed by atoms with E-state index in [1.165, 1.54) is 6.07 Å². The number of aromatic amines is 1. The van der Waals surface area contributed by atoms with Crippen molar-refractivity contribution in [2.45, 2.75) is 6.54 Å². The maximum absolute atomic E-state index is 11.7. The molecule has 0 unspecified atom stereocenters. The van der Waals surface area contributed by atoms with Crippen molar-refractivity contribution < 1.29 is 4.79 Å². The van der Waals surface area contributed by atoms with Gasteiger partial charge in [-0.3, -0.25) is 9.59 Å². The molecule has 2 heterocycles. The van der Waals surface area contributed by atoms with E-state index >= 15 is 0 Å². The van der Waals surface area contributed by atoms with Gasteiger partial charge in [0.15, 0.2) is 0 Å². The summed E-state index contributed by atoms with van der Waals surface area (Å²) in [7, 11) is 0. The quantitative estimate of drug-likeness (QED) is 0.912. The minimum absolute atomic E-state index is 0.271. The first kappa shape index (κ1) is 12.1. The molecule has 17 heavy (non-hydrogen) atoms. The molecule has 2 N–H and O–H groups in total. The predicted octanol–water partition coefficient (Wildman–Crippen LogP) is 2.13. The second-order valence-electron chi connectivity index (χ2n) is 3.34. The Labute approximate surface area is 110 Å². The van der Waals surface area contributed by atoms with Crippen LogP contribution < -0.4 is 10.9 Å². The number of amides is 1. The molecule has 0 spiro atoms. The van der Waals surface area contributed by atoms with Gasteiger partial charge in [0.25, 0.3) is 5.91 Å². The highest BCUT2D eigenvalue weighted by Crippen LogP contribution is 2.19. The molecule has 6 heteroatoms. The van der Waals surface area contributed by atoms with E-state index in [0.717, 1.165) is 9.35 Å². The Balaban J connectivity index is 2.00. The van der Waals surface area contributed by atoms with Gasteiger partial charge in [-0.05, 0) is 28.1 Å². The molecule has 0 aliphatic rings. The van der Waals surface area contributed by atoms with E-state index in [0.29, 0.717) is 6.54 Å². The third-order valence-corrected chi connectivity index (χ3v) is 3.76. The lowest BCUT2D eigenvalue weighted by molar-refractivity contribution is 0.0946. The van der Waals surface area contributed by atoms with Crippen molar-refractivity contribution in [1.82, 2.24) is 10.3 Å². The zero-order chi connectivity index (χ0) is 12.3. The molecule has 0 saturated heterocycles. The number of carbonyl (C=O) groups is 1. The SMILES string of the molecule is O=C(NCc1cc(Br)cs1)c1cccc(=O)[nH]1. The number of carbonyl (C=O) groups excluding carboxylic acids is 1. The molecule has 0 aliphatic heterocycles. The highest BCUT2D eigenvalue weighted by atomic mass is 79.9. The number of hydrogen-bond donors (Lipinski definition) is 2. The number of pyridine rings is 1. The summed E-state index contributed by atoms with van der Waals surface area (Å²) in [6.45, 7) is 0.450. The molecular formula is C11H9BrN2O2S. The largest absolute Gasteiger partial charge is 0.346 e. The lowest BCUT2D eigenvalue weighted by Gasteiger charge is -2.02. The fourth-order valence-electron chi connectivity index (χ4n) is 1.29. The number of aromatic nitrogens is 1. The van der Waals surface area contributed by atoms with Gasteiger partial charge in [-0.1, -0.05) is 6.07 Å². The second-order valence-corrected chi connectivity index (χ2v) is 5.25. The number of H-pyrrole nitrogens is 1. The lowest BCUT2D eigenvalue weighted by Crippen LogP contribution is -2.25. The number of rotatable bonds is 3. The van der Waals surface area contributed by atoms with Crippen LogP contribution in [-0.4, -0.2) is 10.9 Å². The number of thiophene rings is 1. The first-order chi connectivity index (χ1) is 8.15. The summed E-state index contributed by atoms with van der Waals surface area (Å²) in [6.07, 6.45) is 0. The molecule has 0 saturated carbocycles. The van der Waals surface area contributed by atoms with E-state index in [9.17, 15) is 9.59 Å². The highest BCUT2D eigenvalue weighted by molar-refractivity contribution is 9.10. The molecule has 0 aromatic carbocycles. The zero-order valence-electron chi connectivity index (χ0n) is 8.70. The first-order valence-corrected chi connectivity index (χ1v) is 6.53. The monoisotopic (exact) mass is 312 g/mol. The second kappa shape index (κ2) is 5.29. The Kier molecular flexibility index (Phi) is 3.75. The van der Waals surface area contributed by atoms with Gasteiger partial charge in [0.2, 0.25) is 5.56 Å². The Morgan fingerprint density at radius 2 is 2.29 bits per heavy atom. The van der Waals surface area contributed by atoms with E-state index in [1.54, 1.807) is 23.5 Å². The minimum Gasteiger partial charge on any atom is -0.346 e. The Morgan fingerprint density at radius 3 is 2.94 bits per heavy atom. The fraction of sp³-hybridized carbons (Fsp3) is 0.0909. The van der Waals surface area contributed by atoms with Crippen molar-refractivity contribution in [2.24, 2.45) is 0 Å². The normalized spacial score (nSPS) is 10.2. The van der Waals surface area contributed by atoms with Crippen molar-refractivity contribution in [3.8, 4) is 0 Å². The number of hydrogen-bond acceptors (Lipinski definition) is 3. The molecule has 4 nitrogen and oxygen atoms in total. The van der Waals surface area contributed by atoms with Crippen LogP contribution in [0, 0.1) is 0 Å². The molecule has 2 rings (SSSR count). The van der Waals surface area contributed by atoms with Gasteiger partial charge in [-0.15, -0.1) is 11.3 Å². The van der Waals surface area contributed by atoms with Gasteiger partial charge in [-0.25, -0.2) is 0 Å². The topological polar surface area (TPSA) is 62.0 Å². The summed E-state index contributed by atoms with van der Waals surface area (Å²) in [5.41, 5.74) is -0.00959. The Morgan fingerprint density at radius 1 is 1.47 bits per heavy atom. The van der Waals surface area contributed by atoms with E-state index in [2.05, 4.69) is 26.2 Å². The third kappa shape index (κ3) is 3.28. The molecule has 0 bridgehead atoms. The van der Waals surface area contributed by atoms with Crippen LogP contribution in [0.5, 0.6) is 0 Å². The predicted molar refractivity (Wildman–Crippen MR) is 70.3 cm³/mol. The molecular weight excluding hydrogens is 304 g/mol. The average Bonchev–Trinajstić information content (AvgIpc) is 2.72. The van der Waals surface area contributed by atoms with E-state index in [1.807, 2.05) is 11.4 Å². The molecule has 2 aromatic heterocycles. The van der Waals surface area contributed by atoms with Gasteiger partial charge >= 0.3 is 0 Å². The summed E-state index contributed by atoms with van der Waals surface area (Å²) in [6, 6.07) is 6.43. The maximum atomic E-state index is 11.7. The molecule has 2 aromatic rings. The highest BCUT2D eigenvalue weighted by Gasteiger charge is 2.06. The minimum atomic E-state index is -0.285. The molecule has 1 amide bonds. The molecule has 0 radical (unpaired) electrons. The van der Waals surface area contributed by atoms with Crippen molar-refractivity contribution in [2.75, 3.05) is 0 Å². The molecule has 0 atom stereocenters. The summed E-state index contributed by atoms with van der Waals surface area (Å²) < 4.78 is 1.000. The van der Waals surface area contributed by atoms with Crippen molar-refractivity contribution in [3.63, 3.8) is 0 Å². The van der Waals surface area contributed by atoms with Crippen molar-refractivity contribution in [1.29, 1.82) is 0 Å². The van der Waals surface area contributed by atoms with Gasteiger partial charge < -0.3 is 10.3 Å². The van der Waals surface area contributed by atoms with Gasteiger partial charge in [0.1, 0.15) is 5.69 Å². The van der Waals surface area contributed by atoms with E-state index in [4.69, 9.17) is 0 Å². The number of nitrogens with one attached hydrogen (secondary N) is 2. The summed E-state index contributed by atoms with van der Waals surface area (Å²) >= 11 is 4.90. The Hall–Kier alpha value is -1.40. The van der Waals surface area contributed by atoms with Crippen LogP contribution in [0.4, 0.5) is 0 Å². The van der Waals surface area contributed by atoms with Crippen LogP contribution in [0.15, 0.2) is 38.9 Å². The van der Waals surface area contributed by atoms with Crippen molar-refractivity contribution >= 4 is 33.2 Å².